The van der Waals surface area contributed by atoms with E-state index in [9.17, 15) is 14.4 Å². The van der Waals surface area contributed by atoms with Gasteiger partial charge in [-0.05, 0) is 19.8 Å². The van der Waals surface area contributed by atoms with Crippen LogP contribution in [0.3, 0.4) is 0 Å². The van der Waals surface area contributed by atoms with Crippen LogP contribution in [0.4, 0.5) is 0 Å². The lowest BCUT2D eigenvalue weighted by Crippen LogP contribution is -2.32. The van der Waals surface area contributed by atoms with Crippen LogP contribution in [-0.2, 0) is 4.79 Å². The topological polar surface area (TPSA) is 112 Å². The highest BCUT2D eigenvalue weighted by molar-refractivity contribution is 5.94. The molecule has 21 heavy (non-hydrogen) atoms. The maximum atomic E-state index is 12.0. The van der Waals surface area contributed by atoms with E-state index >= 15 is 0 Å². The first-order valence-corrected chi connectivity index (χ1v) is 6.93. The molecule has 1 rings (SSSR count). The molecule has 7 nitrogen and oxygen atoms in total. The van der Waals surface area contributed by atoms with Crippen LogP contribution >= 0.6 is 0 Å². The fourth-order valence-corrected chi connectivity index (χ4v) is 1.84. The molecule has 0 aliphatic rings. The van der Waals surface area contributed by atoms with E-state index in [1.54, 1.807) is 6.92 Å². The Kier molecular flexibility index (Phi) is 6.08. The fourth-order valence-electron chi connectivity index (χ4n) is 1.84. The molecule has 0 saturated heterocycles. The van der Waals surface area contributed by atoms with Crippen LogP contribution in [0.15, 0.2) is 4.79 Å². The largest absolute Gasteiger partial charge is 0.481 e. The zero-order chi connectivity index (χ0) is 16.0. The van der Waals surface area contributed by atoms with E-state index < -0.39 is 17.4 Å². The summed E-state index contributed by atoms with van der Waals surface area (Å²) < 4.78 is 0. The average molecular weight is 295 g/mol. The molecule has 3 N–H and O–H groups in total. The highest BCUT2D eigenvalue weighted by Crippen LogP contribution is 2.08. The van der Waals surface area contributed by atoms with Crippen molar-refractivity contribution in [3.63, 3.8) is 0 Å². The number of H-pyrrole nitrogens is 1. The summed E-state index contributed by atoms with van der Waals surface area (Å²) in [5.74, 6) is -0.714. The number of aromatic nitrogens is 2. The number of carboxylic acid groups (broad SMARTS) is 1. The van der Waals surface area contributed by atoms with Gasteiger partial charge in [-0.1, -0.05) is 13.8 Å². The molecule has 0 fully saturated rings. The molecule has 0 aliphatic heterocycles. The van der Waals surface area contributed by atoms with Gasteiger partial charge in [0.05, 0.1) is 5.69 Å². The Morgan fingerprint density at radius 2 is 2.00 bits per heavy atom. The highest BCUT2D eigenvalue weighted by atomic mass is 16.4. The first-order valence-electron chi connectivity index (χ1n) is 6.93. The molecule has 0 saturated carbocycles. The van der Waals surface area contributed by atoms with Crippen molar-refractivity contribution in [1.29, 1.82) is 0 Å². The molecule has 1 amide bonds. The maximum absolute atomic E-state index is 12.0. The van der Waals surface area contributed by atoms with Crippen LogP contribution < -0.4 is 10.9 Å². The third-order valence-corrected chi connectivity index (χ3v) is 3.00. The van der Waals surface area contributed by atoms with Gasteiger partial charge < -0.3 is 15.4 Å². The number of nitrogens with zero attached hydrogens (tertiary/aromatic N) is 1. The van der Waals surface area contributed by atoms with Crippen molar-refractivity contribution in [2.75, 3.05) is 6.54 Å². The van der Waals surface area contributed by atoms with Gasteiger partial charge >= 0.3 is 5.97 Å². The second-order valence-corrected chi connectivity index (χ2v) is 5.17. The number of carbonyl (C=O) groups is 2. The second kappa shape index (κ2) is 7.56. The zero-order valence-corrected chi connectivity index (χ0v) is 12.5. The Hall–Kier alpha value is -2.18. The van der Waals surface area contributed by atoms with Crippen molar-refractivity contribution in [3.8, 4) is 0 Å². The number of aromatic amines is 1. The Labute approximate surface area is 122 Å². The van der Waals surface area contributed by atoms with Gasteiger partial charge in [0.25, 0.3) is 11.5 Å². The van der Waals surface area contributed by atoms with E-state index in [4.69, 9.17) is 5.11 Å². The van der Waals surface area contributed by atoms with Gasteiger partial charge in [0.15, 0.2) is 0 Å². The lowest BCUT2D eigenvalue weighted by Gasteiger charge is -2.09. The maximum Gasteiger partial charge on any atom is 0.303 e. The summed E-state index contributed by atoms with van der Waals surface area (Å²) in [6, 6.07) is 0. The molecule has 0 unspecified atom stereocenters. The first-order chi connectivity index (χ1) is 9.82. The molecular weight excluding hydrogens is 274 g/mol. The van der Waals surface area contributed by atoms with Crippen LogP contribution in [-0.4, -0.2) is 33.5 Å². The summed E-state index contributed by atoms with van der Waals surface area (Å²) in [4.78, 5) is 41.1. The van der Waals surface area contributed by atoms with E-state index in [0.717, 1.165) is 0 Å². The molecule has 1 aromatic heterocycles. The number of unbranched alkanes of at least 4 members (excludes halogenated alkanes) is 1. The second-order valence-electron chi connectivity index (χ2n) is 5.17. The van der Waals surface area contributed by atoms with Crippen molar-refractivity contribution in [2.24, 2.45) is 0 Å². The Morgan fingerprint density at radius 1 is 1.33 bits per heavy atom. The predicted molar refractivity (Wildman–Crippen MR) is 77.5 cm³/mol. The fraction of sp³-hybridized carbons (Fsp3) is 0.571. The number of carbonyl (C=O) groups excluding carboxylic acids is 1. The van der Waals surface area contributed by atoms with Crippen LogP contribution in [0, 0.1) is 6.92 Å². The molecule has 0 spiro atoms. The van der Waals surface area contributed by atoms with E-state index in [-0.39, 0.29) is 17.9 Å². The van der Waals surface area contributed by atoms with Crippen LogP contribution in [0.25, 0.3) is 0 Å². The number of aryl methyl sites for hydroxylation is 1. The minimum Gasteiger partial charge on any atom is -0.481 e. The predicted octanol–water partition coefficient (Wildman–Crippen LogP) is 1.19. The number of amides is 1. The normalized spacial score (nSPS) is 10.7. The minimum atomic E-state index is -0.859. The van der Waals surface area contributed by atoms with Crippen molar-refractivity contribution in [3.05, 3.63) is 27.4 Å². The molecule has 0 radical (unpaired) electrons. The van der Waals surface area contributed by atoms with Gasteiger partial charge in [0, 0.05) is 18.9 Å². The van der Waals surface area contributed by atoms with Crippen molar-refractivity contribution >= 4 is 11.9 Å². The van der Waals surface area contributed by atoms with E-state index in [1.807, 2.05) is 13.8 Å². The average Bonchev–Trinajstić information content (AvgIpc) is 2.36. The Balaban J connectivity index is 2.66. The lowest BCUT2D eigenvalue weighted by molar-refractivity contribution is -0.137. The SMILES string of the molecule is Cc1nc(C(C)C)[nH]c(=O)c1C(=O)NCCCCC(=O)O. The Bertz CT molecular complexity index is 578. The van der Waals surface area contributed by atoms with Crippen LogP contribution in [0.2, 0.25) is 0 Å². The molecule has 7 heteroatoms. The molecule has 1 heterocycles. The van der Waals surface area contributed by atoms with Gasteiger partial charge in [-0.3, -0.25) is 14.4 Å². The van der Waals surface area contributed by atoms with Crippen LogP contribution in [0.5, 0.6) is 0 Å². The summed E-state index contributed by atoms with van der Waals surface area (Å²) in [7, 11) is 0. The van der Waals surface area contributed by atoms with E-state index in [1.165, 1.54) is 0 Å². The molecule has 0 aliphatic carbocycles. The molecular formula is C14H21N3O4. The zero-order valence-electron chi connectivity index (χ0n) is 12.5. The summed E-state index contributed by atoms with van der Waals surface area (Å²) in [5, 5.41) is 11.1. The summed E-state index contributed by atoms with van der Waals surface area (Å²) >= 11 is 0. The van der Waals surface area contributed by atoms with Crippen LogP contribution in [0.1, 0.15) is 60.9 Å². The van der Waals surface area contributed by atoms with Gasteiger partial charge in [-0.2, -0.15) is 0 Å². The molecule has 0 bridgehead atoms. The minimum absolute atomic E-state index is 0.0117. The third-order valence-electron chi connectivity index (χ3n) is 3.00. The quantitative estimate of drug-likeness (QED) is 0.654. The molecule has 0 atom stereocenters. The van der Waals surface area contributed by atoms with Gasteiger partial charge in [0.1, 0.15) is 11.4 Å². The van der Waals surface area contributed by atoms with Gasteiger partial charge in [-0.25, -0.2) is 4.98 Å². The Morgan fingerprint density at radius 3 is 2.52 bits per heavy atom. The lowest BCUT2D eigenvalue weighted by atomic mass is 10.1. The summed E-state index contributed by atoms with van der Waals surface area (Å²) in [6.45, 7) is 5.76. The van der Waals surface area contributed by atoms with Gasteiger partial charge in [0.2, 0.25) is 0 Å². The number of carboxylic acids is 1. The van der Waals surface area contributed by atoms with E-state index in [2.05, 4.69) is 15.3 Å². The van der Waals surface area contributed by atoms with Crippen molar-refractivity contribution in [1.82, 2.24) is 15.3 Å². The number of aliphatic carboxylic acids is 1. The summed E-state index contributed by atoms with van der Waals surface area (Å²) in [6.07, 6.45) is 1.10. The number of nitrogens with one attached hydrogen (secondary N) is 2. The number of hydrogen-bond acceptors (Lipinski definition) is 4. The molecule has 116 valence electrons. The summed E-state index contributed by atoms with van der Waals surface area (Å²) in [5.41, 5.74) is -0.0441. The number of rotatable bonds is 7. The van der Waals surface area contributed by atoms with Crippen molar-refractivity contribution < 1.29 is 14.7 Å². The standard InChI is InChI=1S/C14H21N3O4/c1-8(2)12-16-9(3)11(14(21)17-12)13(20)15-7-5-4-6-10(18)19/h8H,4-7H2,1-3H3,(H,15,20)(H,18,19)(H,16,17,21). The first kappa shape index (κ1) is 16.9. The van der Waals surface area contributed by atoms with Crippen molar-refractivity contribution in [2.45, 2.75) is 46.0 Å². The highest BCUT2D eigenvalue weighted by Gasteiger charge is 2.16. The van der Waals surface area contributed by atoms with E-state index in [0.29, 0.717) is 30.9 Å². The number of hydrogen-bond donors (Lipinski definition) is 3. The molecule has 1 aromatic rings. The monoisotopic (exact) mass is 295 g/mol. The third kappa shape index (κ3) is 5.02. The molecule has 0 aromatic carbocycles. The smallest absolute Gasteiger partial charge is 0.303 e. The van der Waals surface area contributed by atoms with Gasteiger partial charge in [-0.15, -0.1) is 0 Å².